The third kappa shape index (κ3) is 3.38. The van der Waals surface area contributed by atoms with E-state index in [0.717, 1.165) is 6.07 Å². The third-order valence-corrected chi connectivity index (χ3v) is 3.79. The Morgan fingerprint density at radius 2 is 1.92 bits per heavy atom. The van der Waals surface area contributed by atoms with Gasteiger partial charge in [0.2, 0.25) is 0 Å². The average molecular weight is 364 g/mol. The van der Waals surface area contributed by atoms with Crippen LogP contribution in [-0.2, 0) is 6.18 Å². The van der Waals surface area contributed by atoms with Crippen molar-refractivity contribution in [1.82, 2.24) is 19.5 Å². The van der Waals surface area contributed by atoms with Crippen molar-refractivity contribution in [3.63, 3.8) is 0 Å². The summed E-state index contributed by atoms with van der Waals surface area (Å²) in [7, 11) is 1.43. The Labute approximate surface area is 146 Å². The maximum atomic E-state index is 13.5. The van der Waals surface area contributed by atoms with E-state index in [-0.39, 0.29) is 30.2 Å². The van der Waals surface area contributed by atoms with Gasteiger partial charge in [-0.25, -0.2) is 9.50 Å². The number of aromatic nitrogens is 3. The highest BCUT2D eigenvalue weighted by Crippen LogP contribution is 2.32. The number of fused-ring (bicyclic) bond motifs is 1. The Kier molecular flexibility index (Phi) is 4.64. The van der Waals surface area contributed by atoms with Crippen LogP contribution in [0.1, 0.15) is 16.2 Å². The summed E-state index contributed by atoms with van der Waals surface area (Å²) in [4.78, 5) is 17.6. The maximum Gasteiger partial charge on any atom is 0.433 e. The molecule has 0 spiro atoms. The van der Waals surface area contributed by atoms with Gasteiger partial charge in [0.1, 0.15) is 0 Å². The molecule has 6 nitrogen and oxygen atoms in total. The molecule has 0 saturated heterocycles. The molecule has 0 aliphatic carbocycles. The van der Waals surface area contributed by atoms with Gasteiger partial charge in [-0.1, -0.05) is 30.3 Å². The fourth-order valence-electron chi connectivity index (χ4n) is 2.48. The smallest absolute Gasteiger partial charge is 0.395 e. The van der Waals surface area contributed by atoms with Gasteiger partial charge in [0, 0.05) is 25.2 Å². The van der Waals surface area contributed by atoms with Crippen molar-refractivity contribution in [3.8, 4) is 11.3 Å². The first-order valence-electron chi connectivity index (χ1n) is 7.71. The molecular formula is C17H15F3N4O2. The lowest BCUT2D eigenvalue weighted by Gasteiger charge is -2.13. The number of hydrogen-bond donors (Lipinski definition) is 1. The van der Waals surface area contributed by atoms with Crippen LogP contribution in [0, 0.1) is 0 Å². The first-order valence-corrected chi connectivity index (χ1v) is 7.71. The number of carbonyl (C=O) groups is 1. The lowest BCUT2D eigenvalue weighted by molar-refractivity contribution is -0.142. The molecule has 1 N–H and O–H groups in total. The molecule has 3 rings (SSSR count). The van der Waals surface area contributed by atoms with E-state index in [2.05, 4.69) is 10.1 Å². The second-order valence-corrected chi connectivity index (χ2v) is 5.64. The number of likely N-dealkylation sites (N-methyl/N-ethyl adjacent to an activating group) is 1. The number of aliphatic hydroxyl groups excluding tert-OH is 1. The van der Waals surface area contributed by atoms with E-state index in [4.69, 9.17) is 5.11 Å². The van der Waals surface area contributed by atoms with Gasteiger partial charge in [0.05, 0.1) is 12.3 Å². The van der Waals surface area contributed by atoms with E-state index in [9.17, 15) is 18.0 Å². The van der Waals surface area contributed by atoms with Gasteiger partial charge in [0.25, 0.3) is 5.91 Å². The number of aliphatic hydroxyl groups is 1. The normalized spacial score (nSPS) is 11.7. The molecule has 9 heteroatoms. The summed E-state index contributed by atoms with van der Waals surface area (Å²) in [6, 6.07) is 10.6. The van der Waals surface area contributed by atoms with Gasteiger partial charge in [-0.2, -0.15) is 18.3 Å². The van der Waals surface area contributed by atoms with E-state index < -0.39 is 17.8 Å². The van der Waals surface area contributed by atoms with E-state index >= 15 is 0 Å². The minimum atomic E-state index is -4.67. The third-order valence-electron chi connectivity index (χ3n) is 3.79. The first kappa shape index (κ1) is 17.9. The highest BCUT2D eigenvalue weighted by Gasteiger charge is 2.35. The second kappa shape index (κ2) is 6.75. The van der Waals surface area contributed by atoms with Gasteiger partial charge in [-0.05, 0) is 6.07 Å². The average Bonchev–Trinajstić information content (AvgIpc) is 3.04. The zero-order valence-corrected chi connectivity index (χ0v) is 13.7. The molecule has 2 aromatic heterocycles. The molecule has 1 amide bonds. The monoisotopic (exact) mass is 364 g/mol. The maximum absolute atomic E-state index is 13.5. The summed E-state index contributed by atoms with van der Waals surface area (Å²) >= 11 is 0. The van der Waals surface area contributed by atoms with Crippen molar-refractivity contribution in [2.45, 2.75) is 6.18 Å². The summed E-state index contributed by atoms with van der Waals surface area (Å²) in [5, 5.41) is 12.7. The molecule has 136 valence electrons. The topological polar surface area (TPSA) is 70.7 Å². The molecule has 0 fully saturated rings. The first-order chi connectivity index (χ1) is 12.3. The Bertz CT molecular complexity index is 938. The van der Waals surface area contributed by atoms with E-state index in [1.165, 1.54) is 18.0 Å². The van der Waals surface area contributed by atoms with E-state index in [0.29, 0.717) is 10.1 Å². The Balaban J connectivity index is 2.16. The van der Waals surface area contributed by atoms with Crippen LogP contribution in [0.3, 0.4) is 0 Å². The van der Waals surface area contributed by atoms with Crippen molar-refractivity contribution in [1.29, 1.82) is 0 Å². The van der Waals surface area contributed by atoms with Gasteiger partial charge >= 0.3 is 6.18 Å². The number of carbonyl (C=O) groups excluding carboxylic acids is 1. The molecule has 0 atom stereocenters. The number of hydrogen-bond acceptors (Lipinski definition) is 4. The van der Waals surface area contributed by atoms with Crippen molar-refractivity contribution in [3.05, 3.63) is 53.9 Å². The van der Waals surface area contributed by atoms with E-state index in [1.807, 2.05) is 0 Å². The number of halogens is 3. The van der Waals surface area contributed by atoms with Gasteiger partial charge in [-0.3, -0.25) is 4.79 Å². The molecule has 3 aromatic rings. The summed E-state index contributed by atoms with van der Waals surface area (Å²) in [5.41, 5.74) is -0.631. The van der Waals surface area contributed by atoms with Crippen molar-refractivity contribution in [2.24, 2.45) is 0 Å². The van der Waals surface area contributed by atoms with Gasteiger partial charge in [-0.15, -0.1) is 0 Å². The Morgan fingerprint density at radius 1 is 1.23 bits per heavy atom. The molecule has 0 aliphatic heterocycles. The molecule has 0 aliphatic rings. The van der Waals surface area contributed by atoms with Crippen LogP contribution in [0.4, 0.5) is 13.2 Å². The number of amides is 1. The second-order valence-electron chi connectivity index (χ2n) is 5.64. The summed E-state index contributed by atoms with van der Waals surface area (Å²) < 4.78 is 41.1. The SMILES string of the molecule is CN(CCO)C(=O)c1cc2nc(-c3ccccc3)cc(C(F)(F)F)n2n1. The van der Waals surface area contributed by atoms with Crippen LogP contribution in [-0.4, -0.2) is 50.7 Å². The lowest BCUT2D eigenvalue weighted by Crippen LogP contribution is -2.29. The molecular weight excluding hydrogens is 349 g/mol. The van der Waals surface area contributed by atoms with Gasteiger partial charge < -0.3 is 10.0 Å². The largest absolute Gasteiger partial charge is 0.433 e. The van der Waals surface area contributed by atoms with Crippen LogP contribution >= 0.6 is 0 Å². The zero-order valence-electron chi connectivity index (χ0n) is 13.7. The predicted molar refractivity (Wildman–Crippen MR) is 87.5 cm³/mol. The van der Waals surface area contributed by atoms with Crippen LogP contribution in [0.5, 0.6) is 0 Å². The van der Waals surface area contributed by atoms with Gasteiger partial charge in [0.15, 0.2) is 17.0 Å². The van der Waals surface area contributed by atoms with Crippen molar-refractivity contribution in [2.75, 3.05) is 20.2 Å². The summed E-state index contributed by atoms with van der Waals surface area (Å²) in [6.07, 6.45) is -4.67. The lowest BCUT2D eigenvalue weighted by atomic mass is 10.1. The van der Waals surface area contributed by atoms with Crippen molar-refractivity contribution >= 4 is 11.6 Å². The number of nitrogens with zero attached hydrogens (tertiary/aromatic N) is 4. The Morgan fingerprint density at radius 3 is 2.54 bits per heavy atom. The predicted octanol–water partition coefficient (Wildman–Crippen LogP) is 2.48. The fourth-order valence-corrected chi connectivity index (χ4v) is 2.48. The molecule has 2 heterocycles. The fraction of sp³-hybridized carbons (Fsp3) is 0.235. The molecule has 0 unspecified atom stereocenters. The summed E-state index contributed by atoms with van der Waals surface area (Å²) in [5.74, 6) is -0.598. The van der Waals surface area contributed by atoms with E-state index in [1.54, 1.807) is 30.3 Å². The minimum Gasteiger partial charge on any atom is -0.395 e. The minimum absolute atomic E-state index is 0.0432. The number of alkyl halides is 3. The Hall–Kier alpha value is -2.94. The molecule has 1 aromatic carbocycles. The quantitative estimate of drug-likeness (QED) is 0.772. The zero-order chi connectivity index (χ0) is 18.9. The highest BCUT2D eigenvalue weighted by molar-refractivity contribution is 5.93. The molecule has 0 saturated carbocycles. The molecule has 26 heavy (non-hydrogen) atoms. The number of benzene rings is 1. The van der Waals surface area contributed by atoms with Crippen LogP contribution in [0.15, 0.2) is 42.5 Å². The van der Waals surface area contributed by atoms with Crippen LogP contribution in [0.25, 0.3) is 16.9 Å². The van der Waals surface area contributed by atoms with Crippen LogP contribution < -0.4 is 0 Å². The van der Waals surface area contributed by atoms with Crippen molar-refractivity contribution < 1.29 is 23.1 Å². The summed E-state index contributed by atoms with van der Waals surface area (Å²) in [6.45, 7) is -0.221. The van der Waals surface area contributed by atoms with Crippen LogP contribution in [0.2, 0.25) is 0 Å². The number of rotatable bonds is 4. The molecule has 0 bridgehead atoms. The highest BCUT2D eigenvalue weighted by atomic mass is 19.4. The standard InChI is InChI=1S/C17H15F3N4O2/c1-23(7-8-25)16(26)13-10-15-21-12(11-5-3-2-4-6-11)9-14(17(18,19)20)24(15)22-13/h2-6,9-10,25H,7-8H2,1H3. The molecule has 0 radical (unpaired) electrons.